The second kappa shape index (κ2) is 4.78. The number of nitrogens with zero attached hydrogens (tertiary/aromatic N) is 2. The Labute approximate surface area is 102 Å². The van der Waals surface area contributed by atoms with Crippen molar-refractivity contribution in [1.29, 1.82) is 0 Å². The Hall–Kier alpha value is -0.880. The molecule has 1 aliphatic rings. The number of nitrogens with one attached hydrogen (secondary N) is 1. The smallest absolute Gasteiger partial charge is 0.214 e. The Morgan fingerprint density at radius 2 is 2.29 bits per heavy atom. The van der Waals surface area contributed by atoms with Gasteiger partial charge in [0.25, 0.3) is 0 Å². The van der Waals surface area contributed by atoms with E-state index < -0.39 is 10.0 Å². The highest BCUT2D eigenvalue weighted by Gasteiger charge is 2.33. The highest BCUT2D eigenvalue weighted by molar-refractivity contribution is 7.89. The molecule has 2 heterocycles. The highest BCUT2D eigenvalue weighted by Crippen LogP contribution is 2.33. The Kier molecular flexibility index (Phi) is 3.53. The van der Waals surface area contributed by atoms with Gasteiger partial charge in [-0.3, -0.25) is 5.10 Å². The van der Waals surface area contributed by atoms with Crippen molar-refractivity contribution in [2.24, 2.45) is 0 Å². The van der Waals surface area contributed by atoms with Crippen LogP contribution in [0, 0.1) is 6.92 Å². The molecule has 1 N–H and O–H groups in total. The molecule has 0 radical (unpaired) electrons. The van der Waals surface area contributed by atoms with E-state index in [9.17, 15) is 8.42 Å². The van der Waals surface area contributed by atoms with E-state index in [1.165, 1.54) is 0 Å². The van der Waals surface area contributed by atoms with Crippen molar-refractivity contribution in [2.75, 3.05) is 12.3 Å². The standard InChI is InChI=1S/C11H19N3O2S/c1-3-17(15,16)14-7-5-4-6-10(14)11-9(2)8-12-13-11/h8,10H,3-7H2,1-2H3,(H,12,13)/t10-/m0/s1. The van der Waals surface area contributed by atoms with Crippen LogP contribution in [0.15, 0.2) is 6.20 Å². The van der Waals surface area contributed by atoms with Crippen LogP contribution >= 0.6 is 0 Å². The molecule has 0 spiro atoms. The topological polar surface area (TPSA) is 66.1 Å². The Bertz CT molecular complexity index is 481. The van der Waals surface area contributed by atoms with Crippen LogP contribution in [0.2, 0.25) is 0 Å². The van der Waals surface area contributed by atoms with Gasteiger partial charge in [-0.05, 0) is 32.3 Å². The van der Waals surface area contributed by atoms with Crippen molar-refractivity contribution in [3.05, 3.63) is 17.5 Å². The van der Waals surface area contributed by atoms with Crippen LogP contribution in [0.1, 0.15) is 43.5 Å². The van der Waals surface area contributed by atoms with Crippen LogP contribution in [0.25, 0.3) is 0 Å². The molecule has 17 heavy (non-hydrogen) atoms. The maximum atomic E-state index is 12.1. The van der Waals surface area contributed by atoms with Crippen molar-refractivity contribution in [3.63, 3.8) is 0 Å². The average molecular weight is 257 g/mol. The molecule has 1 aromatic heterocycles. The molecule has 0 aromatic carbocycles. The molecule has 0 unspecified atom stereocenters. The number of aromatic amines is 1. The molecule has 0 bridgehead atoms. The van der Waals surface area contributed by atoms with E-state index in [1.807, 2.05) is 6.92 Å². The van der Waals surface area contributed by atoms with Gasteiger partial charge < -0.3 is 0 Å². The number of hydrogen-bond donors (Lipinski definition) is 1. The van der Waals surface area contributed by atoms with Crippen molar-refractivity contribution < 1.29 is 8.42 Å². The summed E-state index contributed by atoms with van der Waals surface area (Å²) in [6.45, 7) is 4.28. The zero-order valence-corrected chi connectivity index (χ0v) is 11.1. The molecule has 0 saturated carbocycles. The monoisotopic (exact) mass is 257 g/mol. The predicted molar refractivity (Wildman–Crippen MR) is 66.1 cm³/mol. The van der Waals surface area contributed by atoms with Gasteiger partial charge in [-0.25, -0.2) is 8.42 Å². The maximum Gasteiger partial charge on any atom is 0.214 e. The van der Waals surface area contributed by atoms with Gasteiger partial charge in [0.2, 0.25) is 10.0 Å². The summed E-state index contributed by atoms with van der Waals surface area (Å²) in [7, 11) is -3.13. The molecular weight excluding hydrogens is 238 g/mol. The van der Waals surface area contributed by atoms with E-state index in [0.29, 0.717) is 6.54 Å². The molecule has 6 heteroatoms. The van der Waals surface area contributed by atoms with Crippen LogP contribution in [-0.2, 0) is 10.0 Å². The van der Waals surface area contributed by atoms with Gasteiger partial charge in [0, 0.05) is 6.54 Å². The van der Waals surface area contributed by atoms with E-state index >= 15 is 0 Å². The number of rotatable bonds is 3. The molecule has 0 aliphatic carbocycles. The van der Waals surface area contributed by atoms with Crippen molar-refractivity contribution >= 4 is 10.0 Å². The molecule has 1 aliphatic heterocycles. The first-order valence-electron chi connectivity index (χ1n) is 6.05. The fraction of sp³-hybridized carbons (Fsp3) is 0.727. The molecular formula is C11H19N3O2S. The zero-order valence-electron chi connectivity index (χ0n) is 10.3. The van der Waals surface area contributed by atoms with Gasteiger partial charge in [-0.15, -0.1) is 0 Å². The molecule has 0 amide bonds. The van der Waals surface area contributed by atoms with Crippen LogP contribution in [0.3, 0.4) is 0 Å². The summed E-state index contributed by atoms with van der Waals surface area (Å²) in [6, 6.07) is -0.0591. The Balaban J connectivity index is 2.34. The fourth-order valence-corrected chi connectivity index (χ4v) is 3.72. The summed E-state index contributed by atoms with van der Waals surface area (Å²) in [5.41, 5.74) is 1.98. The van der Waals surface area contributed by atoms with Crippen LogP contribution in [-0.4, -0.2) is 35.2 Å². The lowest BCUT2D eigenvalue weighted by Crippen LogP contribution is -2.39. The Morgan fingerprint density at radius 1 is 1.53 bits per heavy atom. The predicted octanol–water partition coefficient (Wildman–Crippen LogP) is 1.59. The third-order valence-corrected chi connectivity index (χ3v) is 5.26. The fourth-order valence-electron chi connectivity index (χ4n) is 2.39. The maximum absolute atomic E-state index is 12.1. The largest absolute Gasteiger partial charge is 0.281 e. The summed E-state index contributed by atoms with van der Waals surface area (Å²) in [5.74, 6) is 0.163. The van der Waals surface area contributed by atoms with E-state index in [2.05, 4.69) is 10.2 Å². The minimum Gasteiger partial charge on any atom is -0.281 e. The third kappa shape index (κ3) is 2.37. The van der Waals surface area contributed by atoms with Gasteiger partial charge in [-0.1, -0.05) is 6.42 Å². The van der Waals surface area contributed by atoms with E-state index in [4.69, 9.17) is 0 Å². The number of hydrogen-bond acceptors (Lipinski definition) is 3. The summed E-state index contributed by atoms with van der Waals surface area (Å²) in [4.78, 5) is 0. The van der Waals surface area contributed by atoms with Crippen LogP contribution in [0.5, 0.6) is 0 Å². The molecule has 1 fully saturated rings. The molecule has 5 nitrogen and oxygen atoms in total. The Morgan fingerprint density at radius 3 is 2.88 bits per heavy atom. The highest BCUT2D eigenvalue weighted by atomic mass is 32.2. The van der Waals surface area contributed by atoms with E-state index in [-0.39, 0.29) is 11.8 Å². The summed E-state index contributed by atoms with van der Waals surface area (Å²) in [6.07, 6.45) is 4.64. The molecule has 1 atom stereocenters. The van der Waals surface area contributed by atoms with E-state index in [1.54, 1.807) is 17.4 Å². The average Bonchev–Trinajstić information content (AvgIpc) is 2.75. The molecule has 1 aromatic rings. The van der Waals surface area contributed by atoms with Crippen LogP contribution < -0.4 is 0 Å². The lowest BCUT2D eigenvalue weighted by atomic mass is 10.00. The second-order valence-electron chi connectivity index (χ2n) is 4.49. The number of sulfonamides is 1. The first-order valence-corrected chi connectivity index (χ1v) is 7.66. The lowest BCUT2D eigenvalue weighted by Gasteiger charge is -2.34. The summed E-state index contributed by atoms with van der Waals surface area (Å²) < 4.78 is 25.8. The molecule has 2 rings (SSSR count). The van der Waals surface area contributed by atoms with Gasteiger partial charge in [0.15, 0.2) is 0 Å². The van der Waals surface area contributed by atoms with Crippen molar-refractivity contribution in [3.8, 4) is 0 Å². The lowest BCUT2D eigenvalue weighted by molar-refractivity contribution is 0.251. The molecule has 96 valence electrons. The minimum absolute atomic E-state index is 0.0591. The normalized spacial score (nSPS) is 22.8. The SMILES string of the molecule is CCS(=O)(=O)N1CCCC[C@H]1c1[nH]ncc1C. The third-order valence-electron chi connectivity index (χ3n) is 3.38. The quantitative estimate of drug-likeness (QED) is 0.894. The first kappa shape index (κ1) is 12.6. The number of aromatic nitrogens is 2. The number of H-pyrrole nitrogens is 1. The van der Waals surface area contributed by atoms with Gasteiger partial charge in [-0.2, -0.15) is 9.40 Å². The van der Waals surface area contributed by atoms with Gasteiger partial charge >= 0.3 is 0 Å². The first-order chi connectivity index (χ1) is 8.06. The summed E-state index contributed by atoms with van der Waals surface area (Å²) >= 11 is 0. The number of piperidine rings is 1. The second-order valence-corrected chi connectivity index (χ2v) is 6.70. The van der Waals surface area contributed by atoms with Crippen LogP contribution in [0.4, 0.5) is 0 Å². The molecule has 1 saturated heterocycles. The van der Waals surface area contributed by atoms with Crippen molar-refractivity contribution in [2.45, 2.75) is 39.2 Å². The van der Waals surface area contributed by atoms with E-state index in [0.717, 1.165) is 30.5 Å². The van der Waals surface area contributed by atoms with Gasteiger partial charge in [0.05, 0.1) is 23.7 Å². The zero-order chi connectivity index (χ0) is 12.5. The van der Waals surface area contributed by atoms with Gasteiger partial charge in [0.1, 0.15) is 0 Å². The number of aryl methyl sites for hydroxylation is 1. The van der Waals surface area contributed by atoms with Crippen molar-refractivity contribution in [1.82, 2.24) is 14.5 Å². The summed E-state index contributed by atoms with van der Waals surface area (Å²) in [5, 5.41) is 6.94. The minimum atomic E-state index is -3.13.